The van der Waals surface area contributed by atoms with Crippen molar-refractivity contribution in [3.63, 3.8) is 0 Å². The largest absolute Gasteiger partial charge is 0.348 e. The van der Waals surface area contributed by atoms with Crippen LogP contribution in [0.1, 0.15) is 22.2 Å². The van der Waals surface area contributed by atoms with Crippen molar-refractivity contribution in [1.29, 1.82) is 0 Å². The summed E-state index contributed by atoms with van der Waals surface area (Å²) in [5.41, 5.74) is 2.84. The lowest BCUT2D eigenvalue weighted by atomic mass is 9.85. The number of allylic oxidation sites excluding steroid dienone is 1. The Kier molecular flexibility index (Phi) is 1.14. The minimum Gasteiger partial charge on any atom is -0.348 e. The first-order chi connectivity index (χ1) is 6.96. The van der Waals surface area contributed by atoms with Crippen LogP contribution in [0.4, 0.5) is 5.69 Å². The molecule has 0 bridgehead atoms. The molecule has 13 heavy (non-hydrogen) atoms. The third-order valence-electron chi connectivity index (χ3n) is 2.87. The van der Waals surface area contributed by atoms with Gasteiger partial charge in [-0.25, -0.2) is 0 Å². The number of hydrogen-bond donors (Lipinski definition) is 0. The summed E-state index contributed by atoms with van der Waals surface area (Å²) >= 11 is 0. The standard InChI is InChI=1S/C12H15N/c1-9-12(2,3)10-7-5-6-8-11(10)13(9)4/h5-8H,1H2,2-4H3/i1D2. The Bertz CT molecular complexity index is 431. The third kappa shape index (κ3) is 0.932. The summed E-state index contributed by atoms with van der Waals surface area (Å²) in [5.74, 6) is 0. The topological polar surface area (TPSA) is 3.24 Å². The lowest BCUT2D eigenvalue weighted by Crippen LogP contribution is -2.21. The Morgan fingerprint density at radius 3 is 2.69 bits per heavy atom. The average Bonchev–Trinajstić information content (AvgIpc) is 2.36. The van der Waals surface area contributed by atoms with Gasteiger partial charge < -0.3 is 4.90 Å². The molecular formula is C12H15N. The van der Waals surface area contributed by atoms with Crippen LogP contribution in [0, 0.1) is 0 Å². The average molecular weight is 175 g/mol. The molecule has 0 atom stereocenters. The monoisotopic (exact) mass is 175 g/mol. The van der Waals surface area contributed by atoms with Crippen molar-refractivity contribution >= 4 is 5.69 Å². The lowest BCUT2D eigenvalue weighted by Gasteiger charge is -2.22. The van der Waals surface area contributed by atoms with Gasteiger partial charge in [0.05, 0.1) is 2.74 Å². The van der Waals surface area contributed by atoms with Crippen molar-refractivity contribution in [3.05, 3.63) is 42.1 Å². The van der Waals surface area contributed by atoms with E-state index in [9.17, 15) is 0 Å². The molecule has 0 spiro atoms. The van der Waals surface area contributed by atoms with E-state index in [-0.39, 0.29) is 11.9 Å². The maximum Gasteiger partial charge on any atom is 0.0556 e. The maximum atomic E-state index is 7.54. The van der Waals surface area contributed by atoms with Crippen LogP contribution in [0.5, 0.6) is 0 Å². The molecule has 1 aliphatic heterocycles. The van der Waals surface area contributed by atoms with Crippen molar-refractivity contribution in [2.24, 2.45) is 0 Å². The smallest absolute Gasteiger partial charge is 0.0556 e. The highest BCUT2D eigenvalue weighted by molar-refractivity contribution is 5.69. The first-order valence-electron chi connectivity index (χ1n) is 5.47. The minimum atomic E-state index is -0.232. The van der Waals surface area contributed by atoms with E-state index in [4.69, 9.17) is 2.74 Å². The van der Waals surface area contributed by atoms with Crippen LogP contribution in [-0.2, 0) is 5.41 Å². The van der Waals surface area contributed by atoms with E-state index in [0.29, 0.717) is 0 Å². The quantitative estimate of drug-likeness (QED) is 0.586. The molecular weight excluding hydrogens is 158 g/mol. The molecule has 0 unspecified atom stereocenters. The molecule has 0 amide bonds. The second-order valence-corrected chi connectivity index (χ2v) is 4.05. The van der Waals surface area contributed by atoms with Gasteiger partial charge in [-0.05, 0) is 11.6 Å². The van der Waals surface area contributed by atoms with Crippen LogP contribution in [0.3, 0.4) is 0 Å². The summed E-state index contributed by atoms with van der Waals surface area (Å²) < 4.78 is 15.1. The highest BCUT2D eigenvalue weighted by atomic mass is 15.1. The van der Waals surface area contributed by atoms with Gasteiger partial charge in [0, 0.05) is 23.8 Å². The zero-order chi connectivity index (χ0) is 11.2. The van der Waals surface area contributed by atoms with Crippen molar-refractivity contribution in [2.75, 3.05) is 11.9 Å². The van der Waals surface area contributed by atoms with Gasteiger partial charge in [0.25, 0.3) is 0 Å². The highest BCUT2D eigenvalue weighted by Gasteiger charge is 2.36. The van der Waals surface area contributed by atoms with Gasteiger partial charge in [0.2, 0.25) is 0 Å². The van der Waals surface area contributed by atoms with Gasteiger partial charge in [-0.15, -0.1) is 0 Å². The van der Waals surface area contributed by atoms with Crippen LogP contribution >= 0.6 is 0 Å². The normalized spacial score (nSPS) is 20.8. The maximum absolute atomic E-state index is 7.54. The predicted octanol–water partition coefficient (Wildman–Crippen LogP) is 2.93. The summed E-state index contributed by atoms with van der Waals surface area (Å²) in [6, 6.07) is 8.10. The van der Waals surface area contributed by atoms with Gasteiger partial charge in [0.15, 0.2) is 0 Å². The van der Waals surface area contributed by atoms with E-state index in [0.717, 1.165) is 11.4 Å². The van der Waals surface area contributed by atoms with Crippen molar-refractivity contribution in [3.8, 4) is 0 Å². The van der Waals surface area contributed by atoms with Gasteiger partial charge in [-0.2, -0.15) is 0 Å². The van der Waals surface area contributed by atoms with E-state index in [1.54, 1.807) is 0 Å². The predicted molar refractivity (Wildman–Crippen MR) is 57.0 cm³/mol. The molecule has 0 N–H and O–H groups in total. The Balaban J connectivity index is 2.71. The van der Waals surface area contributed by atoms with Crippen LogP contribution in [-0.4, -0.2) is 7.05 Å². The van der Waals surface area contributed by atoms with E-state index in [2.05, 4.69) is 19.9 Å². The first kappa shape index (κ1) is 6.25. The van der Waals surface area contributed by atoms with Crippen molar-refractivity contribution < 1.29 is 2.74 Å². The summed E-state index contributed by atoms with van der Waals surface area (Å²) in [5, 5.41) is 0. The van der Waals surface area contributed by atoms with Crippen LogP contribution < -0.4 is 4.90 Å². The van der Waals surface area contributed by atoms with Gasteiger partial charge >= 0.3 is 0 Å². The highest BCUT2D eigenvalue weighted by Crippen LogP contribution is 2.45. The van der Waals surface area contributed by atoms with Gasteiger partial charge in [-0.1, -0.05) is 38.6 Å². The molecule has 0 fully saturated rings. The molecule has 1 nitrogen and oxygen atoms in total. The summed E-state index contributed by atoms with van der Waals surface area (Å²) in [7, 11) is 1.92. The van der Waals surface area contributed by atoms with Gasteiger partial charge in [-0.3, -0.25) is 0 Å². The number of anilines is 1. The number of hydrogen-bond acceptors (Lipinski definition) is 1. The summed E-state index contributed by atoms with van der Waals surface area (Å²) in [4.78, 5) is 1.95. The summed E-state index contributed by atoms with van der Waals surface area (Å²) in [6.45, 7) is 4.03. The van der Waals surface area contributed by atoms with E-state index < -0.39 is 0 Å². The molecule has 0 saturated carbocycles. The molecule has 1 aliphatic rings. The van der Waals surface area contributed by atoms with Crippen LogP contribution in [0.2, 0.25) is 0 Å². The minimum absolute atomic E-state index is 0.0984. The second-order valence-electron chi connectivity index (χ2n) is 4.05. The Labute approximate surface area is 82.5 Å². The molecule has 0 saturated heterocycles. The molecule has 1 heterocycles. The second kappa shape index (κ2) is 2.38. The Morgan fingerprint density at radius 2 is 2.08 bits per heavy atom. The number of likely N-dealkylation sites (N-methyl/N-ethyl adjacent to an activating group) is 1. The zero-order valence-corrected chi connectivity index (χ0v) is 8.26. The molecule has 1 aromatic carbocycles. The fourth-order valence-electron chi connectivity index (χ4n) is 1.96. The number of rotatable bonds is 0. The fraction of sp³-hybridized carbons (Fsp3) is 0.333. The van der Waals surface area contributed by atoms with E-state index >= 15 is 0 Å². The SMILES string of the molecule is [2H]C([2H])=C1N(C)c2ccccc2C1(C)C. The first-order valence-corrected chi connectivity index (χ1v) is 4.47. The number of benzene rings is 1. The fourth-order valence-corrected chi connectivity index (χ4v) is 1.96. The molecule has 0 aliphatic carbocycles. The molecule has 1 aromatic rings. The summed E-state index contributed by atoms with van der Waals surface area (Å²) in [6.07, 6.45) is 0. The molecule has 2 rings (SSSR count). The number of para-hydroxylation sites is 1. The van der Waals surface area contributed by atoms with Gasteiger partial charge in [0.1, 0.15) is 0 Å². The molecule has 68 valence electrons. The van der Waals surface area contributed by atoms with Crippen molar-refractivity contribution in [2.45, 2.75) is 19.3 Å². The lowest BCUT2D eigenvalue weighted by molar-refractivity contribution is 0.643. The number of fused-ring (bicyclic) bond motifs is 1. The third-order valence-corrected chi connectivity index (χ3v) is 2.87. The zero-order valence-electron chi connectivity index (χ0n) is 10.3. The van der Waals surface area contributed by atoms with E-state index in [1.807, 2.05) is 30.1 Å². The Morgan fingerprint density at radius 1 is 1.38 bits per heavy atom. The molecule has 1 heteroatoms. The van der Waals surface area contributed by atoms with Crippen molar-refractivity contribution in [1.82, 2.24) is 0 Å². The van der Waals surface area contributed by atoms with Crippen LogP contribution in [0.25, 0.3) is 0 Å². The molecule has 0 aromatic heterocycles. The van der Waals surface area contributed by atoms with Crippen LogP contribution in [0.15, 0.2) is 36.5 Å². The Hall–Kier alpha value is -1.24. The molecule has 0 radical (unpaired) electrons. The number of nitrogens with zero attached hydrogens (tertiary/aromatic N) is 1. The van der Waals surface area contributed by atoms with E-state index in [1.165, 1.54) is 5.56 Å².